The number of carboxylic acids is 1. The number of rotatable bonds is 2. The molecule has 0 aliphatic carbocycles. The number of carbonyl (C=O) groups excluding carboxylic acids is 2. The summed E-state index contributed by atoms with van der Waals surface area (Å²) in [7, 11) is 0. The molecule has 2 bridgehead atoms. The van der Waals surface area contributed by atoms with E-state index in [0.717, 1.165) is 12.8 Å². The van der Waals surface area contributed by atoms with Crippen LogP contribution < -0.4 is 4.90 Å². The molecule has 1 aromatic rings. The van der Waals surface area contributed by atoms with Crippen LogP contribution in [-0.2, 0) is 14.3 Å². The van der Waals surface area contributed by atoms with Crippen LogP contribution in [0.15, 0.2) is 24.3 Å². The monoisotopic (exact) mass is 287 g/mol. The number of nitrogens with zero attached hydrogens (tertiary/aromatic N) is 1. The molecule has 0 unspecified atom stereocenters. The number of anilines is 1. The average Bonchev–Trinajstić information content (AvgIpc) is 3.13. The van der Waals surface area contributed by atoms with E-state index >= 15 is 0 Å². The molecule has 2 amide bonds. The lowest BCUT2D eigenvalue weighted by molar-refractivity contribution is -0.124. The smallest absolute Gasteiger partial charge is 0.335 e. The van der Waals surface area contributed by atoms with Crippen LogP contribution in [0.2, 0.25) is 0 Å². The molecule has 3 aliphatic heterocycles. The molecule has 3 heterocycles. The van der Waals surface area contributed by atoms with Crippen LogP contribution >= 0.6 is 0 Å². The van der Waals surface area contributed by atoms with E-state index in [9.17, 15) is 14.4 Å². The van der Waals surface area contributed by atoms with Gasteiger partial charge in [0, 0.05) is 0 Å². The van der Waals surface area contributed by atoms with Crippen molar-refractivity contribution in [3.63, 3.8) is 0 Å². The van der Waals surface area contributed by atoms with Crippen LogP contribution in [0.3, 0.4) is 0 Å². The van der Waals surface area contributed by atoms with Crippen molar-refractivity contribution in [3.05, 3.63) is 29.8 Å². The van der Waals surface area contributed by atoms with E-state index in [1.54, 1.807) is 0 Å². The summed E-state index contributed by atoms with van der Waals surface area (Å²) in [5, 5.41) is 8.89. The number of benzene rings is 1. The number of hydrogen-bond acceptors (Lipinski definition) is 4. The minimum Gasteiger partial charge on any atom is -0.478 e. The number of hydrogen-bond donors (Lipinski definition) is 1. The highest BCUT2D eigenvalue weighted by Crippen LogP contribution is 2.49. The van der Waals surface area contributed by atoms with Gasteiger partial charge in [-0.3, -0.25) is 9.59 Å². The third-order valence-corrected chi connectivity index (χ3v) is 4.66. The Kier molecular flexibility index (Phi) is 2.47. The molecule has 0 radical (unpaired) electrons. The zero-order valence-electron chi connectivity index (χ0n) is 11.1. The Labute approximate surface area is 120 Å². The van der Waals surface area contributed by atoms with Crippen molar-refractivity contribution in [3.8, 4) is 0 Å². The van der Waals surface area contributed by atoms with Gasteiger partial charge in [-0.1, -0.05) is 0 Å². The van der Waals surface area contributed by atoms with Gasteiger partial charge < -0.3 is 9.84 Å². The van der Waals surface area contributed by atoms with E-state index in [2.05, 4.69) is 0 Å². The quantitative estimate of drug-likeness (QED) is 0.822. The minimum atomic E-state index is -1.04. The van der Waals surface area contributed by atoms with Crippen molar-refractivity contribution in [2.24, 2.45) is 11.8 Å². The summed E-state index contributed by atoms with van der Waals surface area (Å²) in [5.41, 5.74) is 0.560. The number of carboxylic acid groups (broad SMARTS) is 1. The van der Waals surface area contributed by atoms with E-state index < -0.39 is 5.97 Å². The molecule has 1 N–H and O–H groups in total. The van der Waals surface area contributed by atoms with Gasteiger partial charge in [0.25, 0.3) is 0 Å². The molecule has 3 fully saturated rings. The standard InChI is InChI=1S/C15H13NO5/c17-13-11-9-5-6-10(21-9)12(11)14(18)16(13)8-3-1-7(2-4-8)15(19)20/h1-4,9-12H,5-6H2,(H,19,20)/t9-,10-,11-,12-/m0/s1. The maximum absolute atomic E-state index is 12.5. The van der Waals surface area contributed by atoms with Gasteiger partial charge in [0.1, 0.15) is 0 Å². The van der Waals surface area contributed by atoms with Gasteiger partial charge >= 0.3 is 5.97 Å². The summed E-state index contributed by atoms with van der Waals surface area (Å²) in [6.45, 7) is 0. The molecule has 21 heavy (non-hydrogen) atoms. The molecule has 0 spiro atoms. The summed E-state index contributed by atoms with van der Waals surface area (Å²) in [5.74, 6) is -2.21. The van der Waals surface area contributed by atoms with Gasteiger partial charge in [-0.05, 0) is 37.1 Å². The molecule has 6 heteroatoms. The number of ether oxygens (including phenoxy) is 1. The van der Waals surface area contributed by atoms with Crippen molar-refractivity contribution in [2.45, 2.75) is 25.0 Å². The average molecular weight is 287 g/mol. The minimum absolute atomic E-state index is 0.126. The molecule has 6 nitrogen and oxygen atoms in total. The Morgan fingerprint density at radius 1 is 1.05 bits per heavy atom. The van der Waals surface area contributed by atoms with E-state index in [1.807, 2.05) is 0 Å². The fourth-order valence-corrected chi connectivity index (χ4v) is 3.72. The van der Waals surface area contributed by atoms with Crippen molar-refractivity contribution in [1.29, 1.82) is 0 Å². The van der Waals surface area contributed by atoms with Gasteiger partial charge in [0.15, 0.2) is 0 Å². The molecule has 3 aliphatic rings. The van der Waals surface area contributed by atoms with Crippen molar-refractivity contribution >= 4 is 23.5 Å². The summed E-state index contributed by atoms with van der Waals surface area (Å²) >= 11 is 0. The Balaban J connectivity index is 1.68. The molecule has 108 valence electrons. The second-order valence-corrected chi connectivity index (χ2v) is 5.71. The summed E-state index contributed by atoms with van der Waals surface area (Å²) in [4.78, 5) is 37.1. The van der Waals surface area contributed by atoms with Crippen LogP contribution in [0, 0.1) is 11.8 Å². The van der Waals surface area contributed by atoms with E-state index in [1.165, 1.54) is 29.2 Å². The second-order valence-electron chi connectivity index (χ2n) is 5.71. The Morgan fingerprint density at radius 2 is 1.57 bits per heavy atom. The van der Waals surface area contributed by atoms with Gasteiger partial charge in [0.2, 0.25) is 11.8 Å². The highest BCUT2D eigenvalue weighted by atomic mass is 16.5. The third kappa shape index (κ3) is 1.59. The topological polar surface area (TPSA) is 83.9 Å². The molecule has 4 atom stereocenters. The Bertz CT molecular complexity index is 625. The van der Waals surface area contributed by atoms with E-state index in [0.29, 0.717) is 5.69 Å². The van der Waals surface area contributed by atoms with Crippen LogP contribution in [0.25, 0.3) is 0 Å². The largest absolute Gasteiger partial charge is 0.478 e. The molecule has 0 saturated carbocycles. The number of carbonyl (C=O) groups is 3. The van der Waals surface area contributed by atoms with Gasteiger partial charge in [-0.25, -0.2) is 9.69 Å². The fraction of sp³-hybridized carbons (Fsp3) is 0.400. The first-order valence-electron chi connectivity index (χ1n) is 6.94. The summed E-state index contributed by atoms with van der Waals surface area (Å²) in [6, 6.07) is 5.81. The maximum atomic E-state index is 12.5. The summed E-state index contributed by atoms with van der Waals surface area (Å²) < 4.78 is 5.67. The highest BCUT2D eigenvalue weighted by Gasteiger charge is 2.62. The maximum Gasteiger partial charge on any atom is 0.335 e. The molecular weight excluding hydrogens is 274 g/mol. The van der Waals surface area contributed by atoms with Crippen LogP contribution in [0.4, 0.5) is 5.69 Å². The summed E-state index contributed by atoms with van der Waals surface area (Å²) in [6.07, 6.45) is 1.38. The zero-order valence-corrected chi connectivity index (χ0v) is 11.1. The van der Waals surface area contributed by atoms with Crippen LogP contribution in [-0.4, -0.2) is 35.1 Å². The third-order valence-electron chi connectivity index (χ3n) is 4.66. The second kappa shape index (κ2) is 4.14. The Morgan fingerprint density at radius 3 is 2.05 bits per heavy atom. The first kappa shape index (κ1) is 12.5. The highest BCUT2D eigenvalue weighted by molar-refractivity contribution is 6.22. The van der Waals surface area contributed by atoms with Crippen LogP contribution in [0.1, 0.15) is 23.2 Å². The predicted molar refractivity (Wildman–Crippen MR) is 70.8 cm³/mol. The molecule has 4 rings (SSSR count). The number of aromatic carboxylic acids is 1. The van der Waals surface area contributed by atoms with Gasteiger partial charge in [-0.15, -0.1) is 0 Å². The van der Waals surface area contributed by atoms with Crippen molar-refractivity contribution in [2.75, 3.05) is 4.90 Å². The first-order valence-corrected chi connectivity index (χ1v) is 6.94. The fourth-order valence-electron chi connectivity index (χ4n) is 3.72. The van der Waals surface area contributed by atoms with E-state index in [4.69, 9.17) is 9.84 Å². The van der Waals surface area contributed by atoms with Crippen molar-refractivity contribution in [1.82, 2.24) is 0 Å². The number of imide groups is 1. The zero-order chi connectivity index (χ0) is 14.7. The Hall–Kier alpha value is -2.21. The number of fused-ring (bicyclic) bond motifs is 5. The lowest BCUT2D eigenvalue weighted by Crippen LogP contribution is -2.34. The normalized spacial score (nSPS) is 33.6. The molecule has 3 saturated heterocycles. The number of amides is 2. The first-order chi connectivity index (χ1) is 10.1. The SMILES string of the molecule is O=C(O)c1ccc(N2C(=O)[C@@H]3[C@@H](C2=O)[C@@H]2CC[C@@H]3O2)cc1. The molecule has 0 aromatic heterocycles. The molecule has 1 aromatic carbocycles. The lowest BCUT2D eigenvalue weighted by Gasteiger charge is -2.17. The van der Waals surface area contributed by atoms with Crippen LogP contribution in [0.5, 0.6) is 0 Å². The molecular formula is C15H13NO5. The van der Waals surface area contributed by atoms with Gasteiger partial charge in [0.05, 0.1) is 35.3 Å². The van der Waals surface area contributed by atoms with Gasteiger partial charge in [-0.2, -0.15) is 0 Å². The predicted octanol–water partition coefficient (Wildman–Crippen LogP) is 1.05. The van der Waals surface area contributed by atoms with E-state index in [-0.39, 0.29) is 41.4 Å². The lowest BCUT2D eigenvalue weighted by atomic mass is 9.81. The van der Waals surface area contributed by atoms with Crippen molar-refractivity contribution < 1.29 is 24.2 Å².